The molecule has 0 saturated heterocycles. The predicted molar refractivity (Wildman–Crippen MR) is 111 cm³/mol. The van der Waals surface area contributed by atoms with Gasteiger partial charge in [-0.2, -0.15) is 5.10 Å². The Morgan fingerprint density at radius 1 is 1.07 bits per heavy atom. The second kappa shape index (κ2) is 8.03. The first-order valence-electron chi connectivity index (χ1n) is 9.77. The maximum atomic E-state index is 12.7. The third-order valence-electron chi connectivity index (χ3n) is 4.14. The average molecular weight is 379 g/mol. The summed E-state index contributed by atoms with van der Waals surface area (Å²) in [6.07, 6.45) is 0.809. The van der Waals surface area contributed by atoms with Crippen LogP contribution in [0.1, 0.15) is 81.4 Å². The summed E-state index contributed by atoms with van der Waals surface area (Å²) in [7, 11) is 0. The average Bonchev–Trinajstić information content (AvgIpc) is 2.89. The topological polar surface area (TPSA) is 67.2 Å². The first-order valence-corrected chi connectivity index (χ1v) is 9.77. The summed E-state index contributed by atoms with van der Waals surface area (Å²) < 4.78 is 1.85. The van der Waals surface area contributed by atoms with Gasteiger partial charge in [0, 0.05) is 23.4 Å². The second-order valence-corrected chi connectivity index (χ2v) is 10.3. The Morgan fingerprint density at radius 2 is 1.63 bits per heavy atom. The van der Waals surface area contributed by atoms with Crippen LogP contribution in [0.3, 0.4) is 0 Å². The number of amides is 2. The SMILES string of the molecule is CCCN(CC(=O)Nc1cc(C(C)(C)C)nn1C(C)(C)C)C(=O)C(C)(C)C. The molecule has 1 N–H and O–H groups in total. The molecule has 0 aliphatic carbocycles. The Hall–Kier alpha value is -1.85. The van der Waals surface area contributed by atoms with Gasteiger partial charge in [-0.05, 0) is 27.2 Å². The number of carbonyl (C=O) groups excluding carboxylic acids is 2. The number of nitrogens with one attached hydrogen (secondary N) is 1. The molecule has 154 valence electrons. The minimum Gasteiger partial charge on any atom is -0.333 e. The highest BCUT2D eigenvalue weighted by atomic mass is 16.2. The van der Waals surface area contributed by atoms with E-state index < -0.39 is 5.41 Å². The van der Waals surface area contributed by atoms with Gasteiger partial charge in [-0.15, -0.1) is 0 Å². The van der Waals surface area contributed by atoms with Crippen molar-refractivity contribution in [2.24, 2.45) is 5.41 Å². The van der Waals surface area contributed by atoms with Crippen molar-refractivity contribution in [2.45, 2.75) is 86.6 Å². The minimum atomic E-state index is -0.512. The number of aromatic nitrogens is 2. The number of rotatable bonds is 5. The van der Waals surface area contributed by atoms with Gasteiger partial charge in [0.1, 0.15) is 5.82 Å². The molecule has 0 aliphatic rings. The molecule has 0 bridgehead atoms. The molecule has 0 radical (unpaired) electrons. The van der Waals surface area contributed by atoms with Crippen LogP contribution in [0.15, 0.2) is 6.07 Å². The van der Waals surface area contributed by atoms with Gasteiger partial charge in [0.15, 0.2) is 0 Å². The van der Waals surface area contributed by atoms with Crippen LogP contribution in [0.4, 0.5) is 5.82 Å². The van der Waals surface area contributed by atoms with Gasteiger partial charge in [-0.25, -0.2) is 4.68 Å². The molecule has 6 nitrogen and oxygen atoms in total. The van der Waals surface area contributed by atoms with E-state index in [1.807, 2.05) is 38.4 Å². The lowest BCUT2D eigenvalue weighted by Gasteiger charge is -2.29. The first kappa shape index (κ1) is 23.2. The lowest BCUT2D eigenvalue weighted by atomic mass is 9.92. The van der Waals surface area contributed by atoms with Gasteiger partial charge in [-0.1, -0.05) is 48.5 Å². The molecule has 2 amide bonds. The zero-order valence-corrected chi connectivity index (χ0v) is 18.9. The molecule has 0 atom stereocenters. The maximum absolute atomic E-state index is 12.7. The molecule has 0 aromatic carbocycles. The Balaban J connectivity index is 3.07. The van der Waals surface area contributed by atoms with Crippen molar-refractivity contribution in [2.75, 3.05) is 18.4 Å². The van der Waals surface area contributed by atoms with E-state index in [9.17, 15) is 9.59 Å². The quantitative estimate of drug-likeness (QED) is 0.836. The molecule has 1 heterocycles. The Morgan fingerprint density at radius 3 is 2.04 bits per heavy atom. The zero-order valence-electron chi connectivity index (χ0n) is 18.9. The van der Waals surface area contributed by atoms with Crippen LogP contribution < -0.4 is 5.32 Å². The fourth-order valence-corrected chi connectivity index (χ4v) is 2.70. The van der Waals surface area contributed by atoms with Crippen LogP contribution in [0.5, 0.6) is 0 Å². The van der Waals surface area contributed by atoms with E-state index in [2.05, 4.69) is 46.9 Å². The van der Waals surface area contributed by atoms with Crippen molar-refractivity contribution in [3.05, 3.63) is 11.8 Å². The lowest BCUT2D eigenvalue weighted by Crippen LogP contribution is -2.44. The van der Waals surface area contributed by atoms with Crippen LogP contribution in [0.2, 0.25) is 0 Å². The van der Waals surface area contributed by atoms with E-state index in [0.717, 1.165) is 12.1 Å². The summed E-state index contributed by atoms with van der Waals surface area (Å²) >= 11 is 0. The van der Waals surface area contributed by atoms with Gasteiger partial charge in [0.2, 0.25) is 11.8 Å². The van der Waals surface area contributed by atoms with E-state index in [1.165, 1.54) is 0 Å². The van der Waals surface area contributed by atoms with E-state index in [-0.39, 0.29) is 29.3 Å². The second-order valence-electron chi connectivity index (χ2n) is 10.3. The summed E-state index contributed by atoms with van der Waals surface area (Å²) in [6.45, 7) is 20.7. The van der Waals surface area contributed by atoms with Crippen molar-refractivity contribution >= 4 is 17.6 Å². The van der Waals surface area contributed by atoms with Gasteiger partial charge in [0.25, 0.3) is 0 Å². The number of nitrogens with zero attached hydrogens (tertiary/aromatic N) is 3. The molecule has 0 spiro atoms. The van der Waals surface area contributed by atoms with Gasteiger partial charge < -0.3 is 10.2 Å². The number of anilines is 1. The molecule has 27 heavy (non-hydrogen) atoms. The van der Waals surface area contributed by atoms with Crippen molar-refractivity contribution in [1.29, 1.82) is 0 Å². The van der Waals surface area contributed by atoms with E-state index in [0.29, 0.717) is 12.4 Å². The fourth-order valence-electron chi connectivity index (χ4n) is 2.70. The first-order chi connectivity index (χ1) is 12.1. The van der Waals surface area contributed by atoms with E-state index >= 15 is 0 Å². The van der Waals surface area contributed by atoms with Crippen LogP contribution in [0.25, 0.3) is 0 Å². The third kappa shape index (κ3) is 6.36. The molecule has 6 heteroatoms. The molecule has 0 saturated carbocycles. The highest BCUT2D eigenvalue weighted by Gasteiger charge is 2.29. The Bertz CT molecular complexity index is 670. The highest BCUT2D eigenvalue weighted by molar-refractivity contribution is 5.94. The van der Waals surface area contributed by atoms with Crippen LogP contribution in [-0.2, 0) is 20.5 Å². The molecule has 0 aliphatic heterocycles. The summed E-state index contributed by atoms with van der Waals surface area (Å²) in [5.74, 6) is 0.447. The summed E-state index contributed by atoms with van der Waals surface area (Å²) in [5.41, 5.74) is 0.0224. The summed E-state index contributed by atoms with van der Waals surface area (Å²) in [6, 6.07) is 1.93. The molecular formula is C21H38N4O2. The Labute approximate surface area is 164 Å². The summed E-state index contributed by atoms with van der Waals surface area (Å²) in [4.78, 5) is 27.0. The Kier molecular flexibility index (Phi) is 6.90. The molecule has 1 aromatic heterocycles. The van der Waals surface area contributed by atoms with Crippen molar-refractivity contribution in [3.8, 4) is 0 Å². The van der Waals surface area contributed by atoms with Crippen LogP contribution in [-0.4, -0.2) is 39.6 Å². The van der Waals surface area contributed by atoms with Crippen molar-refractivity contribution < 1.29 is 9.59 Å². The van der Waals surface area contributed by atoms with E-state index in [1.54, 1.807) is 4.90 Å². The van der Waals surface area contributed by atoms with Crippen LogP contribution >= 0.6 is 0 Å². The zero-order chi connectivity index (χ0) is 21.2. The van der Waals surface area contributed by atoms with Gasteiger partial charge in [-0.3, -0.25) is 9.59 Å². The van der Waals surface area contributed by atoms with Crippen molar-refractivity contribution in [3.63, 3.8) is 0 Å². The van der Waals surface area contributed by atoms with E-state index in [4.69, 9.17) is 5.10 Å². The molecule has 0 fully saturated rings. The normalized spacial score (nSPS) is 12.8. The standard InChI is InChI=1S/C21H38N4O2/c1-11-12-24(18(27)20(5,6)7)14-17(26)22-16-13-15(19(2,3)4)23-25(16)21(8,9)10/h13H,11-12,14H2,1-10H3,(H,22,26). The smallest absolute Gasteiger partial charge is 0.245 e. The number of carbonyl (C=O) groups is 2. The highest BCUT2D eigenvalue weighted by Crippen LogP contribution is 2.28. The van der Waals surface area contributed by atoms with Crippen LogP contribution in [0, 0.1) is 5.41 Å². The fraction of sp³-hybridized carbons (Fsp3) is 0.762. The molecular weight excluding hydrogens is 340 g/mol. The molecule has 1 aromatic rings. The molecule has 1 rings (SSSR count). The number of hydrogen-bond acceptors (Lipinski definition) is 3. The minimum absolute atomic E-state index is 0.0146. The predicted octanol–water partition coefficient (Wildman–Crippen LogP) is 4.16. The number of hydrogen-bond donors (Lipinski definition) is 1. The van der Waals surface area contributed by atoms with Gasteiger partial charge >= 0.3 is 0 Å². The largest absolute Gasteiger partial charge is 0.333 e. The van der Waals surface area contributed by atoms with Gasteiger partial charge in [0.05, 0.1) is 17.8 Å². The monoisotopic (exact) mass is 378 g/mol. The maximum Gasteiger partial charge on any atom is 0.245 e. The third-order valence-corrected chi connectivity index (χ3v) is 4.14. The lowest BCUT2D eigenvalue weighted by molar-refractivity contribution is -0.141. The van der Waals surface area contributed by atoms with Crippen molar-refractivity contribution in [1.82, 2.24) is 14.7 Å². The summed E-state index contributed by atoms with van der Waals surface area (Å²) in [5, 5.41) is 7.69. The molecule has 0 unspecified atom stereocenters.